The summed E-state index contributed by atoms with van der Waals surface area (Å²) in [7, 11) is 0. The number of carbonyl (C=O) groups excluding carboxylic acids is 1. The molecule has 0 unspecified atom stereocenters. The standard InChI is InChI=1S/C20H19N3O5/c1-2-9-28-20-15(10-13-5-3-4-6-16(13)22-20)19(27)21-14-7-8-17(24)23(11-14)12-18(25)26/h3-8,10-11H,2,9,12H2,1H3,(H,21,27)(H,25,26). The van der Waals surface area contributed by atoms with Gasteiger partial charge >= 0.3 is 5.97 Å². The molecular weight excluding hydrogens is 362 g/mol. The largest absolute Gasteiger partial charge is 0.480 e. The zero-order valence-electron chi connectivity index (χ0n) is 15.2. The predicted octanol–water partition coefficient (Wildman–Crippen LogP) is 2.52. The van der Waals surface area contributed by atoms with Crippen LogP contribution in [0.25, 0.3) is 10.9 Å². The number of nitrogens with one attached hydrogen (secondary N) is 1. The maximum absolute atomic E-state index is 12.8. The normalized spacial score (nSPS) is 10.6. The zero-order chi connectivity index (χ0) is 20.1. The van der Waals surface area contributed by atoms with Crippen molar-refractivity contribution >= 4 is 28.5 Å². The van der Waals surface area contributed by atoms with Gasteiger partial charge in [-0.1, -0.05) is 25.1 Å². The number of benzene rings is 1. The number of rotatable bonds is 7. The van der Waals surface area contributed by atoms with E-state index in [1.807, 2.05) is 31.2 Å². The average Bonchev–Trinajstić information content (AvgIpc) is 2.67. The number of para-hydroxylation sites is 1. The third-order valence-electron chi connectivity index (χ3n) is 3.92. The highest BCUT2D eigenvalue weighted by Crippen LogP contribution is 2.23. The van der Waals surface area contributed by atoms with Gasteiger partial charge in [0.15, 0.2) is 0 Å². The second-order valence-electron chi connectivity index (χ2n) is 6.11. The van der Waals surface area contributed by atoms with Crippen LogP contribution in [-0.4, -0.2) is 33.1 Å². The van der Waals surface area contributed by atoms with E-state index in [-0.39, 0.29) is 11.4 Å². The summed E-state index contributed by atoms with van der Waals surface area (Å²) in [6.45, 7) is 1.87. The first-order valence-corrected chi connectivity index (χ1v) is 8.74. The highest BCUT2D eigenvalue weighted by molar-refractivity contribution is 6.07. The van der Waals surface area contributed by atoms with Crippen molar-refractivity contribution in [1.29, 1.82) is 0 Å². The van der Waals surface area contributed by atoms with Crippen molar-refractivity contribution in [2.45, 2.75) is 19.9 Å². The Labute approximate surface area is 160 Å². The van der Waals surface area contributed by atoms with E-state index in [1.54, 1.807) is 6.07 Å². The quantitative estimate of drug-likeness (QED) is 0.651. The van der Waals surface area contributed by atoms with Gasteiger partial charge < -0.3 is 19.7 Å². The summed E-state index contributed by atoms with van der Waals surface area (Å²) >= 11 is 0. The third kappa shape index (κ3) is 4.35. The van der Waals surface area contributed by atoms with Gasteiger partial charge in [-0.15, -0.1) is 0 Å². The molecule has 3 rings (SSSR count). The fraction of sp³-hybridized carbons (Fsp3) is 0.200. The lowest BCUT2D eigenvalue weighted by Gasteiger charge is -2.12. The van der Waals surface area contributed by atoms with Crippen molar-refractivity contribution in [3.63, 3.8) is 0 Å². The second-order valence-corrected chi connectivity index (χ2v) is 6.11. The summed E-state index contributed by atoms with van der Waals surface area (Å²) in [6.07, 6.45) is 2.05. The summed E-state index contributed by atoms with van der Waals surface area (Å²) in [4.78, 5) is 39.9. The van der Waals surface area contributed by atoms with Crippen molar-refractivity contribution in [1.82, 2.24) is 9.55 Å². The summed E-state index contributed by atoms with van der Waals surface area (Å²) in [5.41, 5.74) is 0.781. The maximum Gasteiger partial charge on any atom is 0.323 e. The van der Waals surface area contributed by atoms with Gasteiger partial charge in [-0.3, -0.25) is 14.4 Å². The van der Waals surface area contributed by atoms with Gasteiger partial charge in [0.25, 0.3) is 11.5 Å². The molecule has 28 heavy (non-hydrogen) atoms. The summed E-state index contributed by atoms with van der Waals surface area (Å²) < 4.78 is 6.65. The minimum absolute atomic E-state index is 0.219. The van der Waals surface area contributed by atoms with Crippen LogP contribution in [-0.2, 0) is 11.3 Å². The van der Waals surface area contributed by atoms with Crippen LogP contribution < -0.4 is 15.6 Å². The molecule has 1 amide bonds. The molecule has 0 aliphatic rings. The Morgan fingerprint density at radius 2 is 2.00 bits per heavy atom. The van der Waals surface area contributed by atoms with E-state index in [2.05, 4.69) is 10.3 Å². The molecule has 8 heteroatoms. The number of carboxylic acids is 1. The van der Waals surface area contributed by atoms with Gasteiger partial charge in [-0.05, 0) is 24.6 Å². The topological polar surface area (TPSA) is 111 Å². The van der Waals surface area contributed by atoms with Gasteiger partial charge in [-0.2, -0.15) is 0 Å². The highest BCUT2D eigenvalue weighted by atomic mass is 16.5. The monoisotopic (exact) mass is 381 g/mol. The van der Waals surface area contributed by atoms with Crippen molar-refractivity contribution in [2.24, 2.45) is 0 Å². The number of carboxylic acid groups (broad SMARTS) is 1. The molecule has 2 heterocycles. The Morgan fingerprint density at radius 3 is 2.75 bits per heavy atom. The van der Waals surface area contributed by atoms with Crippen LogP contribution in [0.15, 0.2) is 53.5 Å². The van der Waals surface area contributed by atoms with Crippen molar-refractivity contribution in [2.75, 3.05) is 11.9 Å². The minimum Gasteiger partial charge on any atom is -0.480 e. The molecule has 0 aliphatic carbocycles. The molecule has 2 N–H and O–H groups in total. The Morgan fingerprint density at radius 1 is 1.21 bits per heavy atom. The van der Waals surface area contributed by atoms with E-state index in [4.69, 9.17) is 9.84 Å². The minimum atomic E-state index is -1.15. The molecule has 0 saturated heterocycles. The number of amides is 1. The molecule has 0 saturated carbocycles. The Kier molecular flexibility index (Phi) is 5.69. The number of hydrogen-bond donors (Lipinski definition) is 2. The van der Waals surface area contributed by atoms with Crippen molar-refractivity contribution < 1.29 is 19.4 Å². The van der Waals surface area contributed by atoms with Gasteiger partial charge in [0, 0.05) is 17.6 Å². The molecule has 0 bridgehead atoms. The molecule has 0 fully saturated rings. The lowest BCUT2D eigenvalue weighted by atomic mass is 10.1. The van der Waals surface area contributed by atoms with Gasteiger partial charge in [-0.25, -0.2) is 4.98 Å². The molecule has 144 valence electrons. The van der Waals surface area contributed by atoms with E-state index in [1.165, 1.54) is 18.3 Å². The molecule has 3 aromatic rings. The number of aliphatic carboxylic acids is 1. The molecule has 2 aromatic heterocycles. The lowest BCUT2D eigenvalue weighted by molar-refractivity contribution is -0.137. The number of aromatic nitrogens is 2. The Hall–Kier alpha value is -3.68. The van der Waals surface area contributed by atoms with Gasteiger partial charge in [0.1, 0.15) is 12.1 Å². The van der Waals surface area contributed by atoms with Gasteiger partial charge in [0.2, 0.25) is 5.88 Å². The average molecular weight is 381 g/mol. The Balaban J connectivity index is 1.94. The van der Waals surface area contributed by atoms with E-state index in [0.717, 1.165) is 16.4 Å². The summed E-state index contributed by atoms with van der Waals surface area (Å²) in [5, 5.41) is 12.3. The molecular formula is C20H19N3O5. The SMILES string of the molecule is CCCOc1nc2ccccc2cc1C(=O)Nc1ccc(=O)n(CC(=O)O)c1. The first-order valence-electron chi connectivity index (χ1n) is 8.74. The summed E-state index contributed by atoms with van der Waals surface area (Å²) in [6, 6.07) is 11.7. The second kappa shape index (κ2) is 8.34. The first-order chi connectivity index (χ1) is 13.5. The fourth-order valence-corrected chi connectivity index (χ4v) is 2.64. The fourth-order valence-electron chi connectivity index (χ4n) is 2.64. The molecule has 1 aromatic carbocycles. The third-order valence-corrected chi connectivity index (χ3v) is 3.92. The van der Waals surface area contributed by atoms with Gasteiger partial charge in [0.05, 0.1) is 17.8 Å². The van der Waals surface area contributed by atoms with Crippen LogP contribution >= 0.6 is 0 Å². The van der Waals surface area contributed by atoms with Crippen molar-refractivity contribution in [3.8, 4) is 5.88 Å². The van der Waals surface area contributed by atoms with Crippen LogP contribution in [0.1, 0.15) is 23.7 Å². The van der Waals surface area contributed by atoms with E-state index < -0.39 is 24.0 Å². The number of fused-ring (bicyclic) bond motifs is 1. The highest BCUT2D eigenvalue weighted by Gasteiger charge is 2.17. The van der Waals surface area contributed by atoms with Crippen LogP contribution in [0.5, 0.6) is 5.88 Å². The smallest absolute Gasteiger partial charge is 0.323 e. The molecule has 0 aliphatic heterocycles. The van der Waals surface area contributed by atoms with Crippen molar-refractivity contribution in [3.05, 3.63) is 64.6 Å². The van der Waals surface area contributed by atoms with Crippen LogP contribution in [0, 0.1) is 0 Å². The molecule has 0 atom stereocenters. The van der Waals surface area contributed by atoms with E-state index in [0.29, 0.717) is 17.8 Å². The van der Waals surface area contributed by atoms with E-state index in [9.17, 15) is 14.4 Å². The first kappa shape index (κ1) is 19.1. The number of carbonyl (C=O) groups is 2. The van der Waals surface area contributed by atoms with Crippen LogP contribution in [0.3, 0.4) is 0 Å². The number of hydrogen-bond acceptors (Lipinski definition) is 5. The maximum atomic E-state index is 12.8. The summed E-state index contributed by atoms with van der Waals surface area (Å²) in [5.74, 6) is -1.40. The zero-order valence-corrected chi connectivity index (χ0v) is 15.2. The molecule has 0 spiro atoms. The number of anilines is 1. The predicted molar refractivity (Wildman–Crippen MR) is 104 cm³/mol. The number of pyridine rings is 2. The molecule has 8 nitrogen and oxygen atoms in total. The van der Waals surface area contributed by atoms with Crippen LogP contribution in [0.4, 0.5) is 5.69 Å². The Bertz CT molecular complexity index is 1090. The lowest BCUT2D eigenvalue weighted by Crippen LogP contribution is -2.24. The number of ether oxygens (including phenoxy) is 1. The number of nitrogens with zero attached hydrogens (tertiary/aromatic N) is 2. The molecule has 0 radical (unpaired) electrons. The van der Waals surface area contributed by atoms with Crippen LogP contribution in [0.2, 0.25) is 0 Å². The van der Waals surface area contributed by atoms with E-state index >= 15 is 0 Å².